The molecule has 5 nitrogen and oxygen atoms in total. The van der Waals surface area contributed by atoms with Crippen molar-refractivity contribution in [3.63, 3.8) is 0 Å². The molecule has 1 atom stereocenters. The summed E-state index contributed by atoms with van der Waals surface area (Å²) in [4.78, 5) is 17.1. The first-order chi connectivity index (χ1) is 14.7. The number of thioether (sulfide) groups is 1. The number of carbonyl (C=O) groups is 1. The number of para-hydroxylation sites is 1. The first-order valence-corrected chi connectivity index (χ1v) is 10.8. The minimum atomic E-state index is -0.297. The van der Waals surface area contributed by atoms with Crippen LogP contribution in [0.3, 0.4) is 0 Å². The van der Waals surface area contributed by atoms with Gasteiger partial charge in [-0.1, -0.05) is 61.2 Å². The van der Waals surface area contributed by atoms with Crippen LogP contribution in [0.25, 0.3) is 17.1 Å². The van der Waals surface area contributed by atoms with Crippen LogP contribution in [0.4, 0.5) is 0 Å². The van der Waals surface area contributed by atoms with E-state index in [9.17, 15) is 4.79 Å². The lowest BCUT2D eigenvalue weighted by Crippen LogP contribution is -2.14. The van der Waals surface area contributed by atoms with Crippen molar-refractivity contribution < 1.29 is 4.79 Å². The van der Waals surface area contributed by atoms with E-state index in [0.29, 0.717) is 10.7 Å². The molecule has 0 aliphatic heterocycles. The van der Waals surface area contributed by atoms with Crippen molar-refractivity contribution in [3.05, 3.63) is 90.3 Å². The molecule has 4 rings (SSSR count). The maximum absolute atomic E-state index is 13.0. The number of nitrogens with zero attached hydrogens (tertiary/aromatic N) is 4. The first-order valence-electron chi connectivity index (χ1n) is 9.88. The van der Waals surface area contributed by atoms with E-state index in [2.05, 4.69) is 22.1 Å². The molecule has 0 aliphatic carbocycles. The number of benzene rings is 2. The van der Waals surface area contributed by atoms with Crippen LogP contribution in [-0.2, 0) is 6.42 Å². The lowest BCUT2D eigenvalue weighted by Gasteiger charge is -2.13. The average Bonchev–Trinajstić information content (AvgIpc) is 3.23. The van der Waals surface area contributed by atoms with E-state index in [1.165, 1.54) is 17.3 Å². The Morgan fingerprint density at radius 2 is 1.67 bits per heavy atom. The Hall–Kier alpha value is -3.25. The Labute approximate surface area is 180 Å². The van der Waals surface area contributed by atoms with Gasteiger partial charge in [-0.25, -0.2) is 0 Å². The molecule has 0 bridgehead atoms. The lowest BCUT2D eigenvalue weighted by molar-refractivity contribution is 0.0994. The second-order valence-corrected chi connectivity index (χ2v) is 8.20. The van der Waals surface area contributed by atoms with Gasteiger partial charge in [-0.3, -0.25) is 14.3 Å². The van der Waals surface area contributed by atoms with Gasteiger partial charge >= 0.3 is 0 Å². The van der Waals surface area contributed by atoms with Gasteiger partial charge in [0.25, 0.3) is 0 Å². The predicted octanol–water partition coefficient (Wildman–Crippen LogP) is 5.26. The molecule has 0 aliphatic rings. The Balaban J connectivity index is 1.67. The molecular weight excluding hydrogens is 392 g/mol. The molecule has 1 unspecified atom stereocenters. The minimum absolute atomic E-state index is 0.0794. The number of rotatable bonds is 7. The van der Waals surface area contributed by atoms with Crippen LogP contribution in [0.2, 0.25) is 0 Å². The molecule has 0 radical (unpaired) electrons. The first kappa shape index (κ1) is 20.0. The highest BCUT2D eigenvalue weighted by atomic mass is 32.2. The molecule has 0 fully saturated rings. The fourth-order valence-corrected chi connectivity index (χ4v) is 4.14. The summed E-state index contributed by atoms with van der Waals surface area (Å²) in [6.45, 7) is 4.02. The number of Topliss-reactive ketones (excluding diaryl/α,β-unsaturated/α-hetero) is 1. The van der Waals surface area contributed by atoms with Crippen LogP contribution >= 0.6 is 11.8 Å². The summed E-state index contributed by atoms with van der Waals surface area (Å²) >= 11 is 1.42. The molecule has 4 aromatic rings. The van der Waals surface area contributed by atoms with E-state index < -0.39 is 0 Å². The summed E-state index contributed by atoms with van der Waals surface area (Å²) in [6.07, 6.45) is 4.42. The topological polar surface area (TPSA) is 60.7 Å². The minimum Gasteiger partial charge on any atom is -0.293 e. The monoisotopic (exact) mass is 414 g/mol. The number of aromatic nitrogens is 4. The highest BCUT2D eigenvalue weighted by Crippen LogP contribution is 2.31. The van der Waals surface area contributed by atoms with E-state index in [1.807, 2.05) is 78.2 Å². The van der Waals surface area contributed by atoms with E-state index in [1.54, 1.807) is 12.4 Å². The molecule has 150 valence electrons. The zero-order chi connectivity index (χ0) is 20.9. The van der Waals surface area contributed by atoms with Crippen LogP contribution in [0, 0.1) is 0 Å². The SMILES string of the molecule is CCc1ccc(C(=O)C(C)Sc2nnc(-c3ccncc3)n2-c2ccccc2)cc1. The van der Waals surface area contributed by atoms with Gasteiger partial charge < -0.3 is 0 Å². The standard InChI is InChI=1S/C24H22N4OS/c1-3-18-9-11-19(12-10-18)22(29)17(2)30-24-27-26-23(20-13-15-25-16-14-20)28(24)21-7-5-4-6-8-21/h4-17H,3H2,1-2H3. The van der Waals surface area contributed by atoms with E-state index in [4.69, 9.17) is 0 Å². The van der Waals surface area contributed by atoms with Crippen LogP contribution in [0.5, 0.6) is 0 Å². The third kappa shape index (κ3) is 4.19. The molecule has 2 heterocycles. The molecule has 0 amide bonds. The van der Waals surface area contributed by atoms with Gasteiger partial charge in [0.15, 0.2) is 16.8 Å². The fourth-order valence-electron chi connectivity index (χ4n) is 3.20. The third-order valence-corrected chi connectivity index (χ3v) is 5.93. The molecule has 6 heteroatoms. The van der Waals surface area contributed by atoms with Crippen molar-refractivity contribution in [1.82, 2.24) is 19.7 Å². The molecular formula is C24H22N4OS. The normalized spacial score (nSPS) is 11.9. The van der Waals surface area contributed by atoms with Gasteiger partial charge in [0.1, 0.15) is 0 Å². The number of carbonyl (C=O) groups excluding carboxylic acids is 1. The third-order valence-electron chi connectivity index (χ3n) is 4.88. The summed E-state index contributed by atoms with van der Waals surface area (Å²) in [6, 6.07) is 21.6. The highest BCUT2D eigenvalue weighted by Gasteiger charge is 2.22. The van der Waals surface area contributed by atoms with Crippen molar-refractivity contribution in [2.45, 2.75) is 30.7 Å². The van der Waals surface area contributed by atoms with E-state index in [-0.39, 0.29) is 11.0 Å². The van der Waals surface area contributed by atoms with Gasteiger partial charge in [-0.05, 0) is 43.2 Å². The Bertz CT molecular complexity index is 1130. The zero-order valence-electron chi connectivity index (χ0n) is 16.9. The van der Waals surface area contributed by atoms with Crippen molar-refractivity contribution >= 4 is 17.5 Å². The second-order valence-electron chi connectivity index (χ2n) is 6.89. The largest absolute Gasteiger partial charge is 0.293 e. The second kappa shape index (κ2) is 9.05. The molecule has 0 spiro atoms. The van der Waals surface area contributed by atoms with Crippen molar-refractivity contribution in [3.8, 4) is 17.1 Å². The molecule has 0 saturated carbocycles. The lowest BCUT2D eigenvalue weighted by atomic mass is 10.1. The van der Waals surface area contributed by atoms with Crippen LogP contribution in [-0.4, -0.2) is 30.8 Å². The summed E-state index contributed by atoms with van der Waals surface area (Å²) in [5.41, 5.74) is 3.80. The number of pyridine rings is 1. The molecule has 0 N–H and O–H groups in total. The van der Waals surface area contributed by atoms with Gasteiger partial charge in [-0.15, -0.1) is 10.2 Å². The summed E-state index contributed by atoms with van der Waals surface area (Å²) < 4.78 is 1.99. The zero-order valence-corrected chi connectivity index (χ0v) is 17.7. The Kier molecular flexibility index (Phi) is 6.05. The maximum atomic E-state index is 13.0. The van der Waals surface area contributed by atoms with E-state index in [0.717, 1.165) is 23.5 Å². The number of ketones is 1. The smallest absolute Gasteiger partial charge is 0.196 e. The van der Waals surface area contributed by atoms with E-state index >= 15 is 0 Å². The van der Waals surface area contributed by atoms with Gasteiger partial charge in [0.2, 0.25) is 0 Å². The number of aryl methyl sites for hydroxylation is 1. The highest BCUT2D eigenvalue weighted by molar-refractivity contribution is 8.00. The number of hydrogen-bond acceptors (Lipinski definition) is 5. The van der Waals surface area contributed by atoms with Crippen LogP contribution in [0.15, 0.2) is 84.3 Å². The summed E-state index contributed by atoms with van der Waals surface area (Å²) in [7, 11) is 0. The predicted molar refractivity (Wildman–Crippen MR) is 120 cm³/mol. The maximum Gasteiger partial charge on any atom is 0.196 e. The van der Waals surface area contributed by atoms with Crippen LogP contribution in [0.1, 0.15) is 29.8 Å². The van der Waals surface area contributed by atoms with Gasteiger partial charge in [0, 0.05) is 29.2 Å². The van der Waals surface area contributed by atoms with Crippen LogP contribution < -0.4 is 0 Å². The molecule has 30 heavy (non-hydrogen) atoms. The average molecular weight is 415 g/mol. The van der Waals surface area contributed by atoms with Gasteiger partial charge in [0.05, 0.1) is 5.25 Å². The molecule has 2 aromatic carbocycles. The Morgan fingerprint density at radius 3 is 2.33 bits per heavy atom. The number of hydrogen-bond donors (Lipinski definition) is 0. The van der Waals surface area contributed by atoms with Gasteiger partial charge in [-0.2, -0.15) is 0 Å². The van der Waals surface area contributed by atoms with Crippen molar-refractivity contribution in [1.29, 1.82) is 0 Å². The summed E-state index contributed by atoms with van der Waals surface area (Å²) in [5.74, 6) is 0.800. The summed E-state index contributed by atoms with van der Waals surface area (Å²) in [5, 5.41) is 9.22. The van der Waals surface area contributed by atoms with Crippen molar-refractivity contribution in [2.24, 2.45) is 0 Å². The van der Waals surface area contributed by atoms with Crippen molar-refractivity contribution in [2.75, 3.05) is 0 Å². The fraction of sp³-hybridized carbons (Fsp3) is 0.167. The molecule has 0 saturated heterocycles. The quantitative estimate of drug-likeness (QED) is 0.305. The Morgan fingerprint density at radius 1 is 0.967 bits per heavy atom. The molecule has 2 aromatic heterocycles.